The number of phenolic OH excluding ortho intramolecular Hbond substituents is 1. The number of carbonyl (C=O) groups excluding carboxylic acids is 1. The van der Waals surface area contributed by atoms with Gasteiger partial charge in [0.1, 0.15) is 17.6 Å². The van der Waals surface area contributed by atoms with E-state index in [0.717, 1.165) is 25.0 Å². The first-order valence-electron chi connectivity index (χ1n) is 8.35. The zero-order valence-electron chi connectivity index (χ0n) is 14.1. The first-order valence-corrected chi connectivity index (χ1v) is 8.35. The molecule has 24 heavy (non-hydrogen) atoms. The van der Waals surface area contributed by atoms with Crippen LogP contribution in [0.5, 0.6) is 11.5 Å². The molecule has 0 aliphatic carbocycles. The summed E-state index contributed by atoms with van der Waals surface area (Å²) in [7, 11) is 0. The van der Waals surface area contributed by atoms with Crippen LogP contribution in [0, 0.1) is 0 Å². The van der Waals surface area contributed by atoms with Gasteiger partial charge >= 0.3 is 0 Å². The molecule has 4 nitrogen and oxygen atoms in total. The summed E-state index contributed by atoms with van der Waals surface area (Å²) in [5, 5.41) is 12.2. The third kappa shape index (κ3) is 3.88. The number of nitrogens with one attached hydrogen (secondary N) is 1. The normalized spacial score (nSPS) is 17.0. The number of phenols is 1. The zero-order valence-corrected chi connectivity index (χ0v) is 14.1. The summed E-state index contributed by atoms with van der Waals surface area (Å²) in [6.45, 7) is 3.50. The summed E-state index contributed by atoms with van der Waals surface area (Å²) < 4.78 is 6.03. The Morgan fingerprint density at radius 2 is 1.88 bits per heavy atom. The van der Waals surface area contributed by atoms with Crippen molar-refractivity contribution in [3.63, 3.8) is 0 Å². The van der Waals surface area contributed by atoms with Crippen molar-refractivity contribution in [2.75, 3.05) is 0 Å². The Bertz CT molecular complexity index is 724. The summed E-state index contributed by atoms with van der Waals surface area (Å²) in [5.41, 5.74) is 3.63. The largest absolute Gasteiger partial charge is 0.508 e. The van der Waals surface area contributed by atoms with Gasteiger partial charge in [0, 0.05) is 13.3 Å². The number of aromatic hydroxyl groups is 1. The highest BCUT2D eigenvalue weighted by Crippen LogP contribution is 2.31. The quantitative estimate of drug-likeness (QED) is 0.888. The van der Waals surface area contributed by atoms with E-state index in [0.29, 0.717) is 5.75 Å². The first kappa shape index (κ1) is 16.4. The van der Waals surface area contributed by atoms with E-state index in [4.69, 9.17) is 4.74 Å². The molecule has 4 heteroatoms. The van der Waals surface area contributed by atoms with E-state index in [1.165, 1.54) is 23.6 Å². The maximum Gasteiger partial charge on any atom is 0.217 e. The van der Waals surface area contributed by atoms with Crippen molar-refractivity contribution in [2.45, 2.75) is 45.3 Å². The van der Waals surface area contributed by atoms with Crippen molar-refractivity contribution in [2.24, 2.45) is 0 Å². The van der Waals surface area contributed by atoms with Crippen LogP contribution in [0.2, 0.25) is 0 Å². The molecule has 0 saturated heterocycles. The van der Waals surface area contributed by atoms with E-state index in [1.54, 1.807) is 12.1 Å². The number of carbonyl (C=O) groups is 1. The molecule has 0 bridgehead atoms. The van der Waals surface area contributed by atoms with Crippen LogP contribution in [0.15, 0.2) is 42.5 Å². The van der Waals surface area contributed by atoms with Gasteiger partial charge in [-0.1, -0.05) is 24.3 Å². The smallest absolute Gasteiger partial charge is 0.217 e. The molecule has 1 aliphatic rings. The maximum absolute atomic E-state index is 11.2. The monoisotopic (exact) mass is 325 g/mol. The lowest BCUT2D eigenvalue weighted by molar-refractivity contribution is -0.120. The van der Waals surface area contributed by atoms with Crippen LogP contribution in [0.3, 0.4) is 0 Å². The number of rotatable bonds is 5. The number of aryl methyl sites for hydroxylation is 2. The minimum absolute atomic E-state index is 0.00347. The number of ether oxygens (including phenoxy) is 1. The van der Waals surface area contributed by atoms with E-state index < -0.39 is 0 Å². The molecule has 2 aromatic carbocycles. The van der Waals surface area contributed by atoms with Gasteiger partial charge in [-0.25, -0.2) is 0 Å². The van der Waals surface area contributed by atoms with Gasteiger partial charge in [-0.05, 0) is 54.7 Å². The molecule has 1 heterocycles. The third-order valence-corrected chi connectivity index (χ3v) is 4.46. The Balaban J connectivity index is 1.62. The highest BCUT2D eigenvalue weighted by Gasteiger charge is 2.28. The minimum Gasteiger partial charge on any atom is -0.508 e. The number of hydrogen-bond donors (Lipinski definition) is 2. The summed E-state index contributed by atoms with van der Waals surface area (Å²) in [4.78, 5) is 11.2. The van der Waals surface area contributed by atoms with Crippen molar-refractivity contribution in [1.29, 1.82) is 0 Å². The van der Waals surface area contributed by atoms with Crippen LogP contribution in [-0.4, -0.2) is 23.2 Å². The molecule has 0 aromatic heterocycles. The van der Waals surface area contributed by atoms with E-state index in [-0.39, 0.29) is 18.1 Å². The average Bonchev–Trinajstić information content (AvgIpc) is 2.97. The van der Waals surface area contributed by atoms with Gasteiger partial charge in [0.15, 0.2) is 0 Å². The molecule has 2 N–H and O–H groups in total. The summed E-state index contributed by atoms with van der Waals surface area (Å²) in [5.74, 6) is 1.20. The predicted octanol–water partition coefficient (Wildman–Crippen LogP) is 3.01. The average molecular weight is 325 g/mol. The van der Waals surface area contributed by atoms with E-state index in [2.05, 4.69) is 23.5 Å². The maximum atomic E-state index is 11.2. The number of fused-ring (bicyclic) bond motifs is 1. The van der Waals surface area contributed by atoms with Crippen molar-refractivity contribution < 1.29 is 14.6 Å². The van der Waals surface area contributed by atoms with Crippen LogP contribution in [0.1, 0.15) is 30.5 Å². The van der Waals surface area contributed by atoms with Crippen molar-refractivity contribution in [3.05, 3.63) is 59.2 Å². The van der Waals surface area contributed by atoms with Gasteiger partial charge in [-0.3, -0.25) is 4.79 Å². The molecule has 126 valence electrons. The van der Waals surface area contributed by atoms with Crippen LogP contribution < -0.4 is 10.1 Å². The molecular formula is C20H23NO3. The SMILES string of the molecule is CC(=O)NC(C)[C@@H]1Cc2ccc(CCc3ccc(O)cc3)cc2O1. The molecule has 3 rings (SSSR count). The fourth-order valence-electron chi connectivity index (χ4n) is 3.10. The highest BCUT2D eigenvalue weighted by molar-refractivity contribution is 5.73. The van der Waals surface area contributed by atoms with Crippen LogP contribution >= 0.6 is 0 Å². The molecule has 0 spiro atoms. The second-order valence-corrected chi connectivity index (χ2v) is 6.46. The Morgan fingerprint density at radius 3 is 2.58 bits per heavy atom. The first-order chi connectivity index (χ1) is 11.5. The van der Waals surface area contributed by atoms with Crippen LogP contribution in [-0.2, 0) is 24.1 Å². The van der Waals surface area contributed by atoms with Gasteiger partial charge in [-0.2, -0.15) is 0 Å². The third-order valence-electron chi connectivity index (χ3n) is 4.46. The second kappa shape index (κ2) is 6.95. The molecule has 1 aliphatic heterocycles. The van der Waals surface area contributed by atoms with Crippen molar-refractivity contribution in [3.8, 4) is 11.5 Å². The summed E-state index contributed by atoms with van der Waals surface area (Å²) >= 11 is 0. The molecule has 1 amide bonds. The number of amides is 1. The molecule has 0 radical (unpaired) electrons. The van der Waals surface area contributed by atoms with Gasteiger partial charge in [0.05, 0.1) is 6.04 Å². The lowest BCUT2D eigenvalue weighted by atomic mass is 10.0. The Morgan fingerprint density at radius 1 is 1.21 bits per heavy atom. The standard InChI is InChI=1S/C20H23NO3/c1-13(21-14(2)22)19-12-17-8-5-16(11-20(17)24-19)4-3-15-6-9-18(23)10-7-15/h5-11,13,19,23H,3-4,12H2,1-2H3,(H,21,22)/t13?,19-/m0/s1. The Labute approximate surface area is 142 Å². The van der Waals surface area contributed by atoms with E-state index >= 15 is 0 Å². The summed E-state index contributed by atoms with van der Waals surface area (Å²) in [6, 6.07) is 13.7. The van der Waals surface area contributed by atoms with E-state index in [1.807, 2.05) is 19.1 Å². The molecule has 2 aromatic rings. The number of benzene rings is 2. The fourth-order valence-corrected chi connectivity index (χ4v) is 3.10. The van der Waals surface area contributed by atoms with Crippen LogP contribution in [0.4, 0.5) is 0 Å². The molecule has 0 saturated carbocycles. The molecule has 0 fully saturated rings. The van der Waals surface area contributed by atoms with Crippen LogP contribution in [0.25, 0.3) is 0 Å². The van der Waals surface area contributed by atoms with Gasteiger partial charge in [-0.15, -0.1) is 0 Å². The second-order valence-electron chi connectivity index (χ2n) is 6.46. The Hall–Kier alpha value is -2.49. The van der Waals surface area contributed by atoms with Crippen molar-refractivity contribution >= 4 is 5.91 Å². The minimum atomic E-state index is -0.0309. The van der Waals surface area contributed by atoms with Gasteiger partial charge in [0.2, 0.25) is 5.91 Å². The number of hydrogen-bond acceptors (Lipinski definition) is 3. The van der Waals surface area contributed by atoms with Gasteiger partial charge in [0.25, 0.3) is 0 Å². The van der Waals surface area contributed by atoms with Crippen molar-refractivity contribution in [1.82, 2.24) is 5.32 Å². The predicted molar refractivity (Wildman–Crippen MR) is 93.4 cm³/mol. The van der Waals surface area contributed by atoms with Gasteiger partial charge < -0.3 is 15.2 Å². The molecule has 2 atom stereocenters. The molecule has 1 unspecified atom stereocenters. The summed E-state index contributed by atoms with van der Waals surface area (Å²) in [6.07, 6.45) is 2.67. The topological polar surface area (TPSA) is 58.6 Å². The van der Waals surface area contributed by atoms with E-state index in [9.17, 15) is 9.90 Å². The molecular weight excluding hydrogens is 302 g/mol. The zero-order chi connectivity index (χ0) is 17.1. The lowest BCUT2D eigenvalue weighted by Gasteiger charge is -2.19. The Kier molecular flexibility index (Phi) is 4.74. The lowest BCUT2D eigenvalue weighted by Crippen LogP contribution is -2.42. The highest BCUT2D eigenvalue weighted by atomic mass is 16.5. The fraction of sp³-hybridized carbons (Fsp3) is 0.350.